The average Bonchev–Trinajstić information content (AvgIpc) is 3.19. The van der Waals surface area contributed by atoms with Crippen LogP contribution in [0.1, 0.15) is 32.6 Å². The standard InChI is InChI=1S/C13H24N4OS/c1-2-3-11(12(14)19)16-6-8-17(9-7-16)13(18)15-10-4-5-10/h10-11H,2-9H2,1H3,(H2,14,19)(H,15,18). The van der Waals surface area contributed by atoms with Crippen LogP contribution >= 0.6 is 12.2 Å². The third-order valence-corrected chi connectivity index (χ3v) is 4.11. The summed E-state index contributed by atoms with van der Waals surface area (Å²) in [7, 11) is 0. The number of piperazine rings is 1. The van der Waals surface area contributed by atoms with Gasteiger partial charge in [0.1, 0.15) is 0 Å². The van der Waals surface area contributed by atoms with Crippen LogP contribution in [0.3, 0.4) is 0 Å². The first-order valence-electron chi connectivity index (χ1n) is 7.20. The number of carbonyl (C=O) groups is 1. The van der Waals surface area contributed by atoms with Gasteiger partial charge in [-0.1, -0.05) is 25.6 Å². The van der Waals surface area contributed by atoms with Gasteiger partial charge >= 0.3 is 6.03 Å². The molecule has 2 aliphatic rings. The predicted molar refractivity (Wildman–Crippen MR) is 80.2 cm³/mol. The van der Waals surface area contributed by atoms with Crippen LogP contribution in [-0.2, 0) is 0 Å². The molecule has 1 saturated carbocycles. The molecule has 5 nitrogen and oxygen atoms in total. The molecule has 1 unspecified atom stereocenters. The lowest BCUT2D eigenvalue weighted by atomic mass is 10.1. The summed E-state index contributed by atoms with van der Waals surface area (Å²) in [5, 5.41) is 3.03. The highest BCUT2D eigenvalue weighted by atomic mass is 32.1. The highest BCUT2D eigenvalue weighted by Crippen LogP contribution is 2.19. The minimum Gasteiger partial charge on any atom is -0.392 e. The molecule has 1 aliphatic heterocycles. The van der Waals surface area contributed by atoms with Crippen LogP contribution in [-0.4, -0.2) is 59.1 Å². The largest absolute Gasteiger partial charge is 0.392 e. The number of hydrogen-bond acceptors (Lipinski definition) is 3. The molecular formula is C13H24N4OS. The first kappa shape index (κ1) is 14.5. The fraction of sp³-hybridized carbons (Fsp3) is 0.846. The molecule has 6 heteroatoms. The van der Waals surface area contributed by atoms with Gasteiger partial charge in [-0.15, -0.1) is 0 Å². The minimum atomic E-state index is 0.0875. The van der Waals surface area contributed by atoms with Gasteiger partial charge in [0.2, 0.25) is 0 Å². The second kappa shape index (κ2) is 6.52. The zero-order valence-electron chi connectivity index (χ0n) is 11.6. The maximum atomic E-state index is 11.9. The third kappa shape index (κ3) is 4.04. The van der Waals surface area contributed by atoms with Gasteiger partial charge in [-0.05, 0) is 19.3 Å². The summed E-state index contributed by atoms with van der Waals surface area (Å²) in [6.07, 6.45) is 4.34. The van der Waals surface area contributed by atoms with Crippen molar-refractivity contribution in [1.29, 1.82) is 0 Å². The maximum absolute atomic E-state index is 11.9. The van der Waals surface area contributed by atoms with E-state index in [-0.39, 0.29) is 12.1 Å². The van der Waals surface area contributed by atoms with Crippen LogP contribution in [0.15, 0.2) is 0 Å². The number of carbonyl (C=O) groups excluding carboxylic acids is 1. The molecular weight excluding hydrogens is 260 g/mol. The topological polar surface area (TPSA) is 61.6 Å². The number of nitrogens with zero attached hydrogens (tertiary/aromatic N) is 2. The summed E-state index contributed by atoms with van der Waals surface area (Å²) in [4.78, 5) is 16.7. The fourth-order valence-corrected chi connectivity index (χ4v) is 2.78. The average molecular weight is 284 g/mol. The van der Waals surface area contributed by atoms with Gasteiger partial charge in [0.25, 0.3) is 0 Å². The molecule has 0 bridgehead atoms. The molecule has 0 radical (unpaired) electrons. The number of hydrogen-bond donors (Lipinski definition) is 2. The number of nitrogens with two attached hydrogens (primary N) is 1. The van der Waals surface area contributed by atoms with Crippen molar-refractivity contribution in [2.24, 2.45) is 5.73 Å². The molecule has 0 spiro atoms. The van der Waals surface area contributed by atoms with Gasteiger partial charge in [0, 0.05) is 32.2 Å². The van der Waals surface area contributed by atoms with Crippen LogP contribution in [0, 0.1) is 0 Å². The monoisotopic (exact) mass is 284 g/mol. The second-order valence-electron chi connectivity index (χ2n) is 5.45. The Labute approximate surface area is 120 Å². The van der Waals surface area contributed by atoms with Crippen LogP contribution in [0.5, 0.6) is 0 Å². The summed E-state index contributed by atoms with van der Waals surface area (Å²) in [5.74, 6) is 0. The smallest absolute Gasteiger partial charge is 0.317 e. The van der Waals surface area contributed by atoms with Gasteiger partial charge in [0.15, 0.2) is 0 Å². The molecule has 0 aromatic carbocycles. The van der Waals surface area contributed by atoms with Crippen LogP contribution in [0.4, 0.5) is 4.79 Å². The number of amides is 2. The predicted octanol–water partition coefficient (Wildman–Crippen LogP) is 0.931. The quantitative estimate of drug-likeness (QED) is 0.737. The number of rotatable bonds is 5. The third-order valence-electron chi connectivity index (χ3n) is 3.84. The Hall–Kier alpha value is -0.880. The molecule has 1 saturated heterocycles. The van der Waals surface area contributed by atoms with E-state index in [1.807, 2.05) is 4.90 Å². The van der Waals surface area contributed by atoms with E-state index in [4.69, 9.17) is 18.0 Å². The van der Waals surface area contributed by atoms with Crippen molar-refractivity contribution < 1.29 is 4.79 Å². The fourth-order valence-electron chi connectivity index (χ4n) is 2.51. The molecule has 1 atom stereocenters. The van der Waals surface area contributed by atoms with Gasteiger partial charge in [-0.3, -0.25) is 4.90 Å². The van der Waals surface area contributed by atoms with E-state index in [2.05, 4.69) is 17.1 Å². The molecule has 3 N–H and O–H groups in total. The lowest BCUT2D eigenvalue weighted by molar-refractivity contribution is 0.124. The zero-order chi connectivity index (χ0) is 13.8. The Balaban J connectivity index is 1.79. The van der Waals surface area contributed by atoms with E-state index in [0.717, 1.165) is 51.9 Å². The normalized spacial score (nSPS) is 22.1. The molecule has 2 fully saturated rings. The Morgan fingerprint density at radius 3 is 2.47 bits per heavy atom. The summed E-state index contributed by atoms with van der Waals surface area (Å²) in [6.45, 7) is 5.40. The van der Waals surface area contributed by atoms with Crippen molar-refractivity contribution in [3.05, 3.63) is 0 Å². The SMILES string of the molecule is CCCC(C(N)=S)N1CCN(C(=O)NC2CC2)CC1. The molecule has 2 amide bonds. The Morgan fingerprint density at radius 2 is 2.00 bits per heavy atom. The number of nitrogens with one attached hydrogen (secondary N) is 1. The zero-order valence-corrected chi connectivity index (χ0v) is 12.4. The number of urea groups is 1. The maximum Gasteiger partial charge on any atom is 0.317 e. The van der Waals surface area contributed by atoms with E-state index in [1.54, 1.807) is 0 Å². The van der Waals surface area contributed by atoms with Crippen molar-refractivity contribution in [3.63, 3.8) is 0 Å². The first-order chi connectivity index (χ1) is 9.11. The van der Waals surface area contributed by atoms with Crippen molar-refractivity contribution in [2.45, 2.75) is 44.7 Å². The molecule has 0 aromatic rings. The molecule has 1 heterocycles. The highest BCUT2D eigenvalue weighted by Gasteiger charge is 2.30. The summed E-state index contributed by atoms with van der Waals surface area (Å²) in [6, 6.07) is 0.702. The van der Waals surface area contributed by atoms with E-state index >= 15 is 0 Å². The lowest BCUT2D eigenvalue weighted by Crippen LogP contribution is -2.56. The molecule has 0 aromatic heterocycles. The van der Waals surface area contributed by atoms with E-state index in [9.17, 15) is 4.79 Å². The Bertz CT molecular complexity index is 338. The van der Waals surface area contributed by atoms with Gasteiger partial charge in [-0.2, -0.15) is 0 Å². The van der Waals surface area contributed by atoms with Gasteiger partial charge < -0.3 is 16.0 Å². The lowest BCUT2D eigenvalue weighted by Gasteiger charge is -2.38. The van der Waals surface area contributed by atoms with Crippen molar-refractivity contribution in [1.82, 2.24) is 15.1 Å². The second-order valence-corrected chi connectivity index (χ2v) is 5.93. The molecule has 2 rings (SSSR count). The summed E-state index contributed by atoms with van der Waals surface area (Å²) in [5.41, 5.74) is 5.82. The van der Waals surface area contributed by atoms with Crippen molar-refractivity contribution in [3.8, 4) is 0 Å². The van der Waals surface area contributed by atoms with Gasteiger partial charge in [0.05, 0.1) is 11.0 Å². The van der Waals surface area contributed by atoms with Crippen LogP contribution in [0.2, 0.25) is 0 Å². The summed E-state index contributed by atoms with van der Waals surface area (Å²) >= 11 is 5.15. The van der Waals surface area contributed by atoms with Crippen molar-refractivity contribution in [2.75, 3.05) is 26.2 Å². The Morgan fingerprint density at radius 1 is 1.37 bits per heavy atom. The van der Waals surface area contributed by atoms with Crippen LogP contribution in [0.25, 0.3) is 0 Å². The van der Waals surface area contributed by atoms with Gasteiger partial charge in [-0.25, -0.2) is 4.79 Å². The Kier molecular flexibility index (Phi) is 4.99. The van der Waals surface area contributed by atoms with Crippen LogP contribution < -0.4 is 11.1 Å². The van der Waals surface area contributed by atoms with Crippen molar-refractivity contribution >= 4 is 23.2 Å². The molecule has 108 valence electrons. The first-order valence-corrected chi connectivity index (χ1v) is 7.61. The van der Waals surface area contributed by atoms with E-state index < -0.39 is 0 Å². The van der Waals surface area contributed by atoms with E-state index in [1.165, 1.54) is 0 Å². The molecule has 1 aliphatic carbocycles. The highest BCUT2D eigenvalue weighted by molar-refractivity contribution is 7.80. The molecule has 19 heavy (non-hydrogen) atoms. The van der Waals surface area contributed by atoms with E-state index in [0.29, 0.717) is 11.0 Å². The number of thiocarbonyl (C=S) groups is 1. The summed E-state index contributed by atoms with van der Waals surface area (Å²) < 4.78 is 0. The minimum absolute atomic E-state index is 0.0875.